The molecule has 4 heteroatoms. The normalized spacial score (nSPS) is 11.1. The Kier molecular flexibility index (Phi) is 5.62. The highest BCUT2D eigenvalue weighted by molar-refractivity contribution is 5.99. The number of amides is 2. The van der Waals surface area contributed by atoms with Gasteiger partial charge in [0, 0.05) is 11.3 Å². The second-order valence-corrected chi connectivity index (χ2v) is 7.33. The van der Waals surface area contributed by atoms with Gasteiger partial charge in [-0.1, -0.05) is 51.1 Å². The maximum atomic E-state index is 12.2. The molecular formula is C21H26N2O2. The van der Waals surface area contributed by atoms with Crippen LogP contribution in [0.5, 0.6) is 0 Å². The van der Waals surface area contributed by atoms with Gasteiger partial charge in [-0.25, -0.2) is 0 Å². The van der Waals surface area contributed by atoms with E-state index in [1.165, 1.54) is 0 Å². The smallest absolute Gasteiger partial charge is 0.251 e. The van der Waals surface area contributed by atoms with Crippen LogP contribution in [0.4, 0.5) is 5.69 Å². The Morgan fingerprint density at radius 2 is 1.48 bits per heavy atom. The van der Waals surface area contributed by atoms with Crippen molar-refractivity contribution in [2.75, 3.05) is 11.9 Å². The minimum absolute atomic E-state index is 0.0420. The number of carbonyl (C=O) groups is 2. The van der Waals surface area contributed by atoms with Crippen molar-refractivity contribution < 1.29 is 9.59 Å². The third-order valence-corrected chi connectivity index (χ3v) is 4.17. The van der Waals surface area contributed by atoms with Gasteiger partial charge < -0.3 is 10.6 Å². The Morgan fingerprint density at radius 3 is 2.00 bits per heavy atom. The van der Waals surface area contributed by atoms with Crippen LogP contribution in [-0.4, -0.2) is 18.4 Å². The first-order valence-corrected chi connectivity index (χ1v) is 8.43. The van der Waals surface area contributed by atoms with Gasteiger partial charge >= 0.3 is 0 Å². The maximum Gasteiger partial charge on any atom is 0.251 e. The molecule has 0 aliphatic heterocycles. The molecular weight excluding hydrogens is 312 g/mol. The summed E-state index contributed by atoms with van der Waals surface area (Å²) in [5.41, 5.74) is 4.55. The van der Waals surface area contributed by atoms with Crippen molar-refractivity contribution in [1.82, 2.24) is 5.32 Å². The van der Waals surface area contributed by atoms with Gasteiger partial charge in [0.25, 0.3) is 5.91 Å². The molecule has 0 heterocycles. The lowest BCUT2D eigenvalue weighted by atomic mass is 9.87. The molecule has 2 N–H and O–H groups in total. The van der Waals surface area contributed by atoms with Crippen LogP contribution in [0.3, 0.4) is 0 Å². The Balaban J connectivity index is 1.94. The summed E-state index contributed by atoms with van der Waals surface area (Å²) in [5.74, 6) is -0.492. The molecule has 0 fully saturated rings. The van der Waals surface area contributed by atoms with Gasteiger partial charge in [0.15, 0.2) is 0 Å². The van der Waals surface area contributed by atoms with E-state index in [0.29, 0.717) is 5.56 Å². The Labute approximate surface area is 149 Å². The number of aryl methyl sites for hydroxylation is 2. The van der Waals surface area contributed by atoms with Crippen molar-refractivity contribution in [3.63, 3.8) is 0 Å². The second-order valence-electron chi connectivity index (χ2n) is 7.33. The lowest BCUT2D eigenvalue weighted by molar-refractivity contribution is -0.115. The van der Waals surface area contributed by atoms with Crippen LogP contribution in [0.15, 0.2) is 42.5 Å². The van der Waals surface area contributed by atoms with E-state index in [4.69, 9.17) is 0 Å². The van der Waals surface area contributed by atoms with E-state index in [-0.39, 0.29) is 23.8 Å². The average Bonchev–Trinajstić information content (AvgIpc) is 2.55. The van der Waals surface area contributed by atoms with E-state index in [0.717, 1.165) is 22.4 Å². The molecule has 2 aromatic rings. The molecule has 0 bridgehead atoms. The summed E-state index contributed by atoms with van der Waals surface area (Å²) in [6, 6.07) is 13.3. The van der Waals surface area contributed by atoms with Gasteiger partial charge in [-0.3, -0.25) is 9.59 Å². The quantitative estimate of drug-likeness (QED) is 0.886. The molecule has 2 rings (SSSR count). The molecule has 0 spiro atoms. The third kappa shape index (κ3) is 4.92. The number of rotatable bonds is 4. The predicted octanol–water partition coefficient (Wildman–Crippen LogP) is 3.97. The highest BCUT2D eigenvalue weighted by Crippen LogP contribution is 2.22. The maximum absolute atomic E-state index is 12.2. The largest absolute Gasteiger partial charge is 0.343 e. The molecule has 4 nitrogen and oxygen atoms in total. The summed E-state index contributed by atoms with van der Waals surface area (Å²) >= 11 is 0. The van der Waals surface area contributed by atoms with Gasteiger partial charge in [-0.05, 0) is 48.1 Å². The third-order valence-electron chi connectivity index (χ3n) is 4.17. The fourth-order valence-corrected chi connectivity index (χ4v) is 2.58. The van der Waals surface area contributed by atoms with E-state index in [9.17, 15) is 9.59 Å². The first kappa shape index (κ1) is 18.7. The summed E-state index contributed by atoms with van der Waals surface area (Å²) in [6.45, 7) is 10.2. The van der Waals surface area contributed by atoms with Crippen LogP contribution in [0, 0.1) is 13.8 Å². The number of para-hydroxylation sites is 1. The van der Waals surface area contributed by atoms with Gasteiger partial charge in [-0.15, -0.1) is 0 Å². The van der Waals surface area contributed by atoms with Gasteiger partial charge in [0.1, 0.15) is 0 Å². The van der Waals surface area contributed by atoms with Crippen molar-refractivity contribution in [2.24, 2.45) is 0 Å². The molecule has 25 heavy (non-hydrogen) atoms. The molecule has 2 aromatic carbocycles. The van der Waals surface area contributed by atoms with Gasteiger partial charge in [0.05, 0.1) is 6.54 Å². The number of anilines is 1. The minimum atomic E-state index is -0.253. The van der Waals surface area contributed by atoms with E-state index < -0.39 is 0 Å². The Hall–Kier alpha value is -2.62. The second kappa shape index (κ2) is 7.51. The monoisotopic (exact) mass is 338 g/mol. The molecule has 0 unspecified atom stereocenters. The number of benzene rings is 2. The lowest BCUT2D eigenvalue weighted by Gasteiger charge is -2.19. The molecule has 0 atom stereocenters. The van der Waals surface area contributed by atoms with Crippen molar-refractivity contribution in [1.29, 1.82) is 0 Å². The summed E-state index contributed by atoms with van der Waals surface area (Å²) in [5, 5.41) is 5.53. The molecule has 0 radical (unpaired) electrons. The first-order chi connectivity index (χ1) is 11.7. The van der Waals surface area contributed by atoms with Crippen LogP contribution < -0.4 is 10.6 Å². The van der Waals surface area contributed by atoms with Crippen molar-refractivity contribution in [2.45, 2.75) is 40.0 Å². The summed E-state index contributed by atoms with van der Waals surface area (Å²) in [4.78, 5) is 24.3. The predicted molar refractivity (Wildman–Crippen MR) is 102 cm³/mol. The van der Waals surface area contributed by atoms with Crippen LogP contribution in [0.1, 0.15) is 47.8 Å². The number of hydrogen-bond donors (Lipinski definition) is 2. The van der Waals surface area contributed by atoms with Crippen LogP contribution in [-0.2, 0) is 10.2 Å². The molecule has 0 aliphatic carbocycles. The number of carbonyl (C=O) groups excluding carboxylic acids is 2. The van der Waals surface area contributed by atoms with E-state index in [2.05, 4.69) is 31.4 Å². The fraction of sp³-hybridized carbons (Fsp3) is 0.333. The van der Waals surface area contributed by atoms with Crippen LogP contribution in [0.2, 0.25) is 0 Å². The molecule has 132 valence electrons. The van der Waals surface area contributed by atoms with Gasteiger partial charge in [0.2, 0.25) is 5.91 Å². The summed E-state index contributed by atoms with van der Waals surface area (Å²) in [7, 11) is 0. The molecule has 0 saturated heterocycles. The van der Waals surface area contributed by atoms with E-state index in [1.807, 2.05) is 44.2 Å². The standard InChI is InChI=1S/C21H26N2O2/c1-14-7-6-8-15(2)19(14)23-18(24)13-22-20(25)16-9-11-17(12-10-16)21(3,4)5/h6-12H,13H2,1-5H3,(H,22,25)(H,23,24). The molecule has 0 aliphatic rings. The summed E-state index contributed by atoms with van der Waals surface area (Å²) in [6.07, 6.45) is 0. The molecule has 0 aromatic heterocycles. The van der Waals surface area contributed by atoms with Crippen molar-refractivity contribution in [3.05, 3.63) is 64.7 Å². The lowest BCUT2D eigenvalue weighted by Crippen LogP contribution is -2.33. The first-order valence-electron chi connectivity index (χ1n) is 8.43. The number of hydrogen-bond acceptors (Lipinski definition) is 2. The van der Waals surface area contributed by atoms with E-state index >= 15 is 0 Å². The zero-order valence-electron chi connectivity index (χ0n) is 15.6. The fourth-order valence-electron chi connectivity index (χ4n) is 2.58. The molecule has 0 saturated carbocycles. The van der Waals surface area contributed by atoms with Crippen LogP contribution in [0.25, 0.3) is 0 Å². The van der Waals surface area contributed by atoms with E-state index in [1.54, 1.807) is 12.1 Å². The zero-order chi connectivity index (χ0) is 18.6. The SMILES string of the molecule is Cc1cccc(C)c1NC(=O)CNC(=O)c1ccc(C(C)(C)C)cc1. The average molecular weight is 338 g/mol. The zero-order valence-corrected chi connectivity index (χ0v) is 15.6. The highest BCUT2D eigenvalue weighted by atomic mass is 16.2. The van der Waals surface area contributed by atoms with Crippen LogP contribution >= 0.6 is 0 Å². The topological polar surface area (TPSA) is 58.2 Å². The van der Waals surface area contributed by atoms with Gasteiger partial charge in [-0.2, -0.15) is 0 Å². The summed E-state index contributed by atoms with van der Waals surface area (Å²) < 4.78 is 0. The minimum Gasteiger partial charge on any atom is -0.343 e. The molecule has 2 amide bonds. The Bertz CT molecular complexity index is 751. The van der Waals surface area contributed by atoms with Crippen molar-refractivity contribution >= 4 is 17.5 Å². The van der Waals surface area contributed by atoms with Crippen molar-refractivity contribution in [3.8, 4) is 0 Å². The Morgan fingerprint density at radius 1 is 0.920 bits per heavy atom. The number of nitrogens with one attached hydrogen (secondary N) is 2. The highest BCUT2D eigenvalue weighted by Gasteiger charge is 2.15.